The van der Waals surface area contributed by atoms with E-state index in [1.54, 1.807) is 13.8 Å². The molecule has 4 fully saturated rings. The van der Waals surface area contributed by atoms with Gasteiger partial charge in [-0.1, -0.05) is 27.4 Å². The second-order valence-corrected chi connectivity index (χ2v) is 14.7. The number of hydrogen-bond acceptors (Lipinski definition) is 11. The summed E-state index contributed by atoms with van der Waals surface area (Å²) >= 11 is 0. The van der Waals surface area contributed by atoms with Gasteiger partial charge in [-0.3, -0.25) is 9.59 Å². The maximum atomic E-state index is 14.1. The Balaban J connectivity index is 2.18. The Kier molecular flexibility index (Phi) is 12.8. The molecule has 4 aliphatic heterocycles. The van der Waals surface area contributed by atoms with Crippen molar-refractivity contribution in [3.05, 3.63) is 12.2 Å². The first-order valence-corrected chi connectivity index (χ1v) is 16.6. The van der Waals surface area contributed by atoms with Crippen LogP contribution in [0.5, 0.6) is 0 Å². The third-order valence-corrected chi connectivity index (χ3v) is 10.3. The van der Waals surface area contributed by atoms with Crippen LogP contribution >= 0.6 is 0 Å². The van der Waals surface area contributed by atoms with Crippen LogP contribution in [0.1, 0.15) is 74.7 Å². The van der Waals surface area contributed by atoms with Crippen LogP contribution in [0.25, 0.3) is 0 Å². The second kappa shape index (κ2) is 15.2. The Morgan fingerprint density at radius 2 is 1.76 bits per heavy atom. The Morgan fingerprint density at radius 3 is 2.36 bits per heavy atom. The highest BCUT2D eigenvalue weighted by molar-refractivity contribution is 6.00. The minimum absolute atomic E-state index is 0.0437. The normalized spacial score (nSPS) is 45.3. The summed E-state index contributed by atoms with van der Waals surface area (Å²) in [5.74, 6) is -3.06. The fourth-order valence-corrected chi connectivity index (χ4v) is 7.51. The van der Waals surface area contributed by atoms with Crippen molar-refractivity contribution >= 4 is 11.8 Å². The lowest BCUT2D eigenvalue weighted by molar-refractivity contribution is -0.297. The molecule has 11 nitrogen and oxygen atoms in total. The van der Waals surface area contributed by atoms with Crippen LogP contribution in [0.4, 0.5) is 0 Å². The van der Waals surface area contributed by atoms with E-state index in [1.807, 2.05) is 53.7 Å². The first-order chi connectivity index (χ1) is 20.8. The lowest BCUT2D eigenvalue weighted by Gasteiger charge is -2.47. The van der Waals surface area contributed by atoms with Crippen molar-refractivity contribution in [3.8, 4) is 0 Å². The van der Waals surface area contributed by atoms with Crippen LogP contribution in [-0.2, 0) is 33.3 Å². The molecule has 2 bridgehead atoms. The summed E-state index contributed by atoms with van der Waals surface area (Å²) in [6, 6.07) is -0.483. The molecule has 0 aromatic heterocycles. The Bertz CT molecular complexity index is 1040. The van der Waals surface area contributed by atoms with Gasteiger partial charge >= 0.3 is 5.97 Å². The molecular weight excluding hydrogens is 580 g/mol. The number of carbonyl (C=O) groups excluding carboxylic acids is 2. The van der Waals surface area contributed by atoms with Crippen molar-refractivity contribution < 1.29 is 43.5 Å². The molecule has 11 heteroatoms. The summed E-state index contributed by atoms with van der Waals surface area (Å²) in [4.78, 5) is 31.8. The zero-order valence-electron chi connectivity index (χ0n) is 29.4. The number of aliphatic hydroxyl groups excluding tert-OH is 1. The quantitative estimate of drug-likeness (QED) is 0.268. The SMILES string of the molecule is C=C1CO[C@H]2[C@@H](C)N(C)C[C@H](C)C[C@@](C)(OC1)[C@H](O[C@@H]1O[C@H](C)C[C@H](N(C)C)[C@H]1O)[C@@H](C)C(=O)C(C)C(=O)O[C@H](CC)[C@@]2(C)O. The summed E-state index contributed by atoms with van der Waals surface area (Å²) in [6.45, 7) is 19.7. The van der Waals surface area contributed by atoms with Gasteiger partial charge in [-0.15, -0.1) is 0 Å². The molecule has 0 spiro atoms. The van der Waals surface area contributed by atoms with E-state index in [1.165, 1.54) is 6.92 Å². The number of likely N-dealkylation sites (N-methyl/N-ethyl adjacent to an activating group) is 2. The van der Waals surface area contributed by atoms with E-state index in [0.717, 1.165) is 0 Å². The zero-order chi connectivity index (χ0) is 34.0. The average molecular weight is 641 g/mol. The van der Waals surface area contributed by atoms with Gasteiger partial charge in [-0.25, -0.2) is 0 Å². The standard InChI is InChI=1S/C34H60N2O9/c1-13-26-34(9,40)30-24(7)36(12)16-19(2)15-33(8,42-18-20(3)17-41-30)29(22(5)27(37)23(6)31(39)44-26)45-32-28(38)25(35(10)11)14-21(4)43-32/h19,21-26,28-30,32,38,40H,3,13-18H2,1-2,4-12H3/t19-,21-,22+,23?,24-,25+,26-,28-,29-,30+,32+,33-,34-/m1/s1. The molecule has 4 aliphatic rings. The number of rotatable bonds is 4. The number of hydrogen-bond donors (Lipinski definition) is 2. The molecule has 0 saturated carbocycles. The predicted octanol–water partition coefficient (Wildman–Crippen LogP) is 2.80. The van der Waals surface area contributed by atoms with E-state index in [4.69, 9.17) is 23.7 Å². The van der Waals surface area contributed by atoms with E-state index >= 15 is 0 Å². The Labute approximate surface area is 270 Å². The van der Waals surface area contributed by atoms with Gasteiger partial charge in [-0.2, -0.15) is 0 Å². The number of carbonyl (C=O) groups is 2. The third-order valence-electron chi connectivity index (χ3n) is 10.3. The maximum Gasteiger partial charge on any atom is 0.316 e. The first kappa shape index (κ1) is 38.0. The molecule has 0 radical (unpaired) electrons. The molecule has 0 aromatic carbocycles. The second-order valence-electron chi connectivity index (χ2n) is 14.7. The summed E-state index contributed by atoms with van der Waals surface area (Å²) in [5.41, 5.74) is -1.99. The highest BCUT2D eigenvalue weighted by Gasteiger charge is 2.51. The van der Waals surface area contributed by atoms with Gasteiger partial charge in [-0.05, 0) is 86.5 Å². The van der Waals surface area contributed by atoms with Crippen molar-refractivity contribution in [1.29, 1.82) is 0 Å². The lowest BCUT2D eigenvalue weighted by atomic mass is 9.78. The van der Waals surface area contributed by atoms with Gasteiger partial charge in [0.1, 0.15) is 29.8 Å². The molecule has 45 heavy (non-hydrogen) atoms. The number of ketones is 1. The summed E-state index contributed by atoms with van der Waals surface area (Å²) in [6.07, 6.45) is -3.35. The number of fused-ring (bicyclic) bond motifs is 15. The third kappa shape index (κ3) is 8.54. The smallest absolute Gasteiger partial charge is 0.316 e. The minimum atomic E-state index is -1.57. The molecule has 4 rings (SSSR count). The molecule has 0 aliphatic carbocycles. The highest BCUT2D eigenvalue weighted by atomic mass is 16.7. The largest absolute Gasteiger partial charge is 0.459 e. The van der Waals surface area contributed by atoms with Gasteiger partial charge in [0.15, 0.2) is 12.1 Å². The lowest BCUT2D eigenvalue weighted by Crippen LogP contribution is -2.60. The first-order valence-electron chi connectivity index (χ1n) is 16.6. The monoisotopic (exact) mass is 640 g/mol. The Morgan fingerprint density at radius 1 is 1.11 bits per heavy atom. The van der Waals surface area contributed by atoms with Crippen molar-refractivity contribution in [2.75, 3.05) is 40.9 Å². The van der Waals surface area contributed by atoms with Crippen LogP contribution in [0.15, 0.2) is 12.2 Å². The molecule has 4 heterocycles. The maximum absolute atomic E-state index is 14.1. The van der Waals surface area contributed by atoms with Crippen molar-refractivity contribution in [3.63, 3.8) is 0 Å². The summed E-state index contributed by atoms with van der Waals surface area (Å²) < 4.78 is 31.8. The predicted molar refractivity (Wildman–Crippen MR) is 171 cm³/mol. The van der Waals surface area contributed by atoms with E-state index in [2.05, 4.69) is 18.4 Å². The van der Waals surface area contributed by atoms with Crippen LogP contribution in [0, 0.1) is 17.8 Å². The van der Waals surface area contributed by atoms with E-state index in [0.29, 0.717) is 31.4 Å². The van der Waals surface area contributed by atoms with Crippen LogP contribution in [0.2, 0.25) is 0 Å². The van der Waals surface area contributed by atoms with E-state index in [9.17, 15) is 19.8 Å². The number of ether oxygens (including phenoxy) is 5. The van der Waals surface area contributed by atoms with Crippen molar-refractivity contribution in [1.82, 2.24) is 9.80 Å². The summed E-state index contributed by atoms with van der Waals surface area (Å²) in [7, 11) is 5.79. The van der Waals surface area contributed by atoms with Gasteiger partial charge in [0, 0.05) is 24.5 Å². The van der Waals surface area contributed by atoms with Crippen molar-refractivity contribution in [2.45, 2.75) is 135 Å². The highest BCUT2D eigenvalue weighted by Crippen LogP contribution is 2.38. The van der Waals surface area contributed by atoms with E-state index in [-0.39, 0.29) is 43.1 Å². The van der Waals surface area contributed by atoms with Gasteiger partial charge in [0.05, 0.1) is 31.0 Å². The van der Waals surface area contributed by atoms with Gasteiger partial charge < -0.3 is 43.7 Å². The molecule has 4 saturated heterocycles. The van der Waals surface area contributed by atoms with Gasteiger partial charge in [0.25, 0.3) is 0 Å². The fourth-order valence-electron chi connectivity index (χ4n) is 7.51. The number of esters is 1. The molecule has 2 N–H and O–H groups in total. The molecule has 1 unspecified atom stereocenters. The zero-order valence-corrected chi connectivity index (χ0v) is 29.4. The number of aliphatic hydroxyl groups is 2. The molecule has 0 amide bonds. The fraction of sp³-hybridized carbons (Fsp3) is 0.882. The van der Waals surface area contributed by atoms with Crippen LogP contribution in [0.3, 0.4) is 0 Å². The van der Waals surface area contributed by atoms with Crippen molar-refractivity contribution in [2.24, 2.45) is 17.8 Å². The number of nitrogens with zero attached hydrogens (tertiary/aromatic N) is 2. The molecular formula is C34H60N2O9. The topological polar surface area (TPSA) is 127 Å². The van der Waals surface area contributed by atoms with Gasteiger partial charge in [0.2, 0.25) is 0 Å². The Hall–Kier alpha value is -1.44. The van der Waals surface area contributed by atoms with Crippen LogP contribution in [-0.4, -0.2) is 133 Å². The van der Waals surface area contributed by atoms with E-state index < -0.39 is 59.7 Å². The molecule has 13 atom stereocenters. The number of Topliss-reactive ketones (excluding diaryl/α,β-unsaturated/α-hetero) is 1. The average Bonchev–Trinajstić information content (AvgIpc) is 2.96. The molecule has 260 valence electrons. The van der Waals surface area contributed by atoms with Crippen LogP contribution < -0.4 is 0 Å². The minimum Gasteiger partial charge on any atom is -0.459 e. The summed E-state index contributed by atoms with van der Waals surface area (Å²) in [5, 5.41) is 23.4. The molecule has 0 aromatic rings.